The van der Waals surface area contributed by atoms with Gasteiger partial charge in [0.15, 0.2) is 0 Å². The lowest BCUT2D eigenvalue weighted by Gasteiger charge is -2.24. The van der Waals surface area contributed by atoms with E-state index in [2.05, 4.69) is 260 Å². The van der Waals surface area contributed by atoms with Gasteiger partial charge in [0, 0.05) is 10.8 Å². The van der Waals surface area contributed by atoms with Crippen molar-refractivity contribution in [1.29, 1.82) is 0 Å². The third kappa shape index (κ3) is 6.53. The van der Waals surface area contributed by atoms with Crippen molar-refractivity contribution in [2.45, 2.75) is 65.2 Å². The van der Waals surface area contributed by atoms with Crippen LogP contribution in [-0.2, 0) is 23.7 Å². The van der Waals surface area contributed by atoms with Crippen LogP contribution in [0.2, 0.25) is 0 Å². The van der Waals surface area contributed by atoms with E-state index >= 15 is 0 Å². The summed E-state index contributed by atoms with van der Waals surface area (Å²) in [6, 6.07) is 83.6. The van der Waals surface area contributed by atoms with Crippen LogP contribution in [0.15, 0.2) is 218 Å². The second-order valence-electron chi connectivity index (χ2n) is 22.1. The lowest BCUT2D eigenvalue weighted by atomic mass is 9.79. The van der Waals surface area contributed by atoms with Crippen LogP contribution in [-0.4, -0.2) is 0 Å². The number of aryl methyl sites for hydroxylation is 2. The Morgan fingerprint density at radius 2 is 0.459 bits per heavy atom. The molecule has 0 atom stereocenters. The smallest absolute Gasteiger partial charge is 0.0159 e. The summed E-state index contributed by atoms with van der Waals surface area (Å²) in [6.45, 7) is 14.1. The average molecular weight is 947 g/mol. The predicted octanol–water partition coefficient (Wildman–Crippen LogP) is 20.4. The van der Waals surface area contributed by atoms with E-state index < -0.39 is 0 Å². The van der Waals surface area contributed by atoms with Crippen LogP contribution in [0.1, 0.15) is 74.9 Å². The van der Waals surface area contributed by atoms with Crippen molar-refractivity contribution in [3.8, 4) is 77.9 Å². The Morgan fingerprint density at radius 1 is 0.243 bits per heavy atom. The minimum Gasteiger partial charge on any atom is -0.0616 e. The van der Waals surface area contributed by atoms with Crippen LogP contribution in [0, 0.1) is 0 Å². The molecule has 12 aromatic rings. The zero-order chi connectivity index (χ0) is 50.0. The minimum atomic E-state index is -0.196. The topological polar surface area (TPSA) is 0 Å². The largest absolute Gasteiger partial charge is 0.0616 e. The van der Waals surface area contributed by atoms with E-state index in [1.54, 1.807) is 0 Å². The van der Waals surface area contributed by atoms with Crippen molar-refractivity contribution >= 4 is 43.1 Å². The third-order valence-corrected chi connectivity index (χ3v) is 17.4. The van der Waals surface area contributed by atoms with Crippen molar-refractivity contribution in [1.82, 2.24) is 0 Å². The maximum atomic E-state index is 2.51. The van der Waals surface area contributed by atoms with Gasteiger partial charge in [-0.3, -0.25) is 0 Å². The monoisotopic (exact) mass is 946 g/mol. The maximum absolute atomic E-state index is 2.51. The van der Waals surface area contributed by atoms with Gasteiger partial charge in [-0.25, -0.2) is 0 Å². The molecule has 2 aliphatic rings. The number of rotatable bonds is 7. The van der Waals surface area contributed by atoms with Crippen molar-refractivity contribution in [2.75, 3.05) is 0 Å². The highest BCUT2D eigenvalue weighted by atomic mass is 14.4. The van der Waals surface area contributed by atoms with Crippen molar-refractivity contribution < 1.29 is 0 Å². The first kappa shape index (κ1) is 44.4. The standard InChI is InChI=1S/C74H58/c1-7-45-25-29-47(30-26-45)69-57-17-9-13-21-61(57)71(62-22-14-10-18-58(62)69)51-35-39-55-53-37-33-49(41-65(53)73(3,4)67(55)43-51)50-34-38-54-56-40-36-52(44-68(56)74(5,6)66(54)42-50)72-63-23-15-11-19-59(63)70(60-20-12-16-24-64(60)72)48-31-27-46(8-2)28-32-48/h9-44H,7-8H2,1-6H3. The molecule has 74 heavy (non-hydrogen) atoms. The summed E-state index contributed by atoms with van der Waals surface area (Å²) in [4.78, 5) is 0. The van der Waals surface area contributed by atoms with Gasteiger partial charge in [-0.2, -0.15) is 0 Å². The zero-order valence-electron chi connectivity index (χ0n) is 43.2. The van der Waals surface area contributed by atoms with Crippen molar-refractivity contribution in [3.63, 3.8) is 0 Å². The van der Waals surface area contributed by atoms with E-state index in [0.29, 0.717) is 0 Å². The summed E-state index contributed by atoms with van der Waals surface area (Å²) < 4.78 is 0. The van der Waals surface area contributed by atoms with Gasteiger partial charge in [-0.05, 0) is 191 Å². The second-order valence-corrected chi connectivity index (χ2v) is 22.1. The van der Waals surface area contributed by atoms with E-state index in [1.807, 2.05) is 0 Å². The summed E-state index contributed by atoms with van der Waals surface area (Å²) in [6.07, 6.45) is 2.07. The fourth-order valence-corrected chi connectivity index (χ4v) is 13.5. The van der Waals surface area contributed by atoms with Gasteiger partial charge in [0.05, 0.1) is 0 Å². The molecule has 0 aromatic heterocycles. The molecule has 0 N–H and O–H groups in total. The molecular weight excluding hydrogens is 889 g/mol. The molecule has 0 fully saturated rings. The number of fused-ring (bicyclic) bond motifs is 10. The van der Waals surface area contributed by atoms with E-state index in [0.717, 1.165) is 12.8 Å². The molecule has 0 aliphatic heterocycles. The van der Waals surface area contributed by atoms with Crippen LogP contribution in [0.5, 0.6) is 0 Å². The molecule has 0 nitrogen and oxygen atoms in total. The van der Waals surface area contributed by atoms with Gasteiger partial charge in [0.1, 0.15) is 0 Å². The Morgan fingerprint density at radius 3 is 0.716 bits per heavy atom. The molecule has 0 spiro atoms. The molecule has 0 unspecified atom stereocenters. The Labute approximate surface area is 435 Å². The van der Waals surface area contributed by atoms with Gasteiger partial charge in [-0.1, -0.05) is 236 Å². The van der Waals surface area contributed by atoms with Gasteiger partial charge in [0.25, 0.3) is 0 Å². The normalized spacial score (nSPS) is 13.9. The van der Waals surface area contributed by atoms with Crippen LogP contribution >= 0.6 is 0 Å². The quantitative estimate of drug-likeness (QED) is 0.140. The molecule has 0 saturated carbocycles. The van der Waals surface area contributed by atoms with Crippen LogP contribution < -0.4 is 0 Å². The van der Waals surface area contributed by atoms with Crippen molar-refractivity contribution in [2.24, 2.45) is 0 Å². The zero-order valence-corrected chi connectivity index (χ0v) is 43.2. The molecule has 12 aromatic carbocycles. The highest BCUT2D eigenvalue weighted by Gasteiger charge is 2.38. The molecule has 0 heteroatoms. The maximum Gasteiger partial charge on any atom is 0.0159 e. The summed E-state index contributed by atoms with van der Waals surface area (Å²) in [7, 11) is 0. The summed E-state index contributed by atoms with van der Waals surface area (Å²) in [5.74, 6) is 0. The summed E-state index contributed by atoms with van der Waals surface area (Å²) >= 11 is 0. The van der Waals surface area contributed by atoms with Gasteiger partial charge in [0.2, 0.25) is 0 Å². The fourth-order valence-electron chi connectivity index (χ4n) is 13.5. The molecule has 2 aliphatic carbocycles. The number of hydrogen-bond donors (Lipinski definition) is 0. The first-order chi connectivity index (χ1) is 36.1. The number of hydrogen-bond acceptors (Lipinski definition) is 0. The Hall–Kier alpha value is -8.32. The van der Waals surface area contributed by atoms with Crippen LogP contribution in [0.3, 0.4) is 0 Å². The fraction of sp³-hybridized carbons (Fsp3) is 0.135. The molecular formula is C74H58. The first-order valence-corrected chi connectivity index (χ1v) is 26.8. The van der Waals surface area contributed by atoms with E-state index in [1.165, 1.54) is 154 Å². The molecule has 354 valence electrons. The minimum absolute atomic E-state index is 0.196. The SMILES string of the molecule is CCc1ccc(-c2c3ccccc3c(-c3ccc4c(c3)C(C)(C)c3cc(-c5ccc6c(c5)C(C)(C)c5cc(-c7c8ccccc8c(-c8ccc(CC)cc8)c8ccccc78)ccc5-6)ccc3-4)c3ccccc23)cc1. The highest BCUT2D eigenvalue weighted by Crippen LogP contribution is 2.55. The Bertz CT molecular complexity index is 3900. The third-order valence-electron chi connectivity index (χ3n) is 17.4. The lowest BCUT2D eigenvalue weighted by molar-refractivity contribution is 0.660. The van der Waals surface area contributed by atoms with Gasteiger partial charge < -0.3 is 0 Å². The highest BCUT2D eigenvalue weighted by molar-refractivity contribution is 6.23. The van der Waals surface area contributed by atoms with E-state index in [4.69, 9.17) is 0 Å². The van der Waals surface area contributed by atoms with E-state index in [9.17, 15) is 0 Å². The van der Waals surface area contributed by atoms with Crippen LogP contribution in [0.4, 0.5) is 0 Å². The average Bonchev–Trinajstić information content (AvgIpc) is 3.82. The predicted molar refractivity (Wildman–Crippen MR) is 318 cm³/mol. The van der Waals surface area contributed by atoms with Gasteiger partial charge >= 0.3 is 0 Å². The summed E-state index contributed by atoms with van der Waals surface area (Å²) in [5, 5.41) is 10.3. The first-order valence-electron chi connectivity index (χ1n) is 26.8. The summed E-state index contributed by atoms with van der Waals surface area (Å²) in [5.41, 5.74) is 26.1. The Balaban J connectivity index is 0.829. The van der Waals surface area contributed by atoms with Crippen molar-refractivity contribution in [3.05, 3.63) is 252 Å². The molecule has 0 bridgehead atoms. The van der Waals surface area contributed by atoms with E-state index in [-0.39, 0.29) is 10.8 Å². The molecule has 0 heterocycles. The van der Waals surface area contributed by atoms with Crippen LogP contribution in [0.25, 0.3) is 121 Å². The van der Waals surface area contributed by atoms with Gasteiger partial charge in [-0.15, -0.1) is 0 Å². The molecule has 0 amide bonds. The second kappa shape index (κ2) is 16.6. The Kier molecular flexibility index (Phi) is 9.96. The molecule has 0 radical (unpaired) electrons. The lowest BCUT2D eigenvalue weighted by Crippen LogP contribution is -2.15. The number of benzene rings is 12. The molecule has 14 rings (SSSR count). The molecule has 0 saturated heterocycles.